The fourth-order valence-electron chi connectivity index (χ4n) is 2.56. The summed E-state index contributed by atoms with van der Waals surface area (Å²) in [4.78, 5) is 11.0. The lowest BCUT2D eigenvalue weighted by Crippen LogP contribution is -2.18. The number of amides is 1. The molecule has 3 nitrogen and oxygen atoms in total. The number of hydrogen-bond acceptors (Lipinski definition) is 2. The van der Waals surface area contributed by atoms with E-state index in [0.717, 1.165) is 5.69 Å². The van der Waals surface area contributed by atoms with Crippen LogP contribution in [-0.2, 0) is 4.79 Å². The summed E-state index contributed by atoms with van der Waals surface area (Å²) in [6.07, 6.45) is 7.75. The smallest absolute Gasteiger partial charge is 0.221 e. The van der Waals surface area contributed by atoms with E-state index in [4.69, 9.17) is 11.6 Å². The first-order valence-electron chi connectivity index (χ1n) is 6.99. The lowest BCUT2D eigenvalue weighted by atomic mass is 10.1. The van der Waals surface area contributed by atoms with Crippen LogP contribution in [0.5, 0.6) is 0 Å². The van der Waals surface area contributed by atoms with Crippen LogP contribution in [0.1, 0.15) is 45.4 Å². The molecule has 0 aromatic heterocycles. The van der Waals surface area contributed by atoms with E-state index in [-0.39, 0.29) is 5.91 Å². The number of anilines is 2. The minimum atomic E-state index is -0.105. The molecule has 1 fully saturated rings. The largest absolute Gasteiger partial charge is 0.382 e. The Morgan fingerprint density at radius 2 is 1.89 bits per heavy atom. The van der Waals surface area contributed by atoms with Crippen LogP contribution in [0.4, 0.5) is 11.4 Å². The second kappa shape index (κ2) is 6.80. The van der Waals surface area contributed by atoms with Crippen molar-refractivity contribution >= 4 is 28.9 Å². The van der Waals surface area contributed by atoms with Gasteiger partial charge >= 0.3 is 0 Å². The molecule has 0 bridgehead atoms. The molecule has 0 radical (unpaired) electrons. The molecule has 0 saturated heterocycles. The van der Waals surface area contributed by atoms with Crippen LogP contribution >= 0.6 is 11.6 Å². The molecule has 1 aromatic carbocycles. The third-order valence-corrected chi connectivity index (χ3v) is 3.82. The third-order valence-electron chi connectivity index (χ3n) is 3.51. The molecule has 1 aliphatic carbocycles. The van der Waals surface area contributed by atoms with Crippen molar-refractivity contribution in [3.05, 3.63) is 23.2 Å². The van der Waals surface area contributed by atoms with Crippen LogP contribution in [0.15, 0.2) is 18.2 Å². The fourth-order valence-corrected chi connectivity index (χ4v) is 2.78. The zero-order valence-corrected chi connectivity index (χ0v) is 12.1. The van der Waals surface area contributed by atoms with Gasteiger partial charge in [0.15, 0.2) is 0 Å². The molecule has 19 heavy (non-hydrogen) atoms. The third kappa shape index (κ3) is 4.43. The summed E-state index contributed by atoms with van der Waals surface area (Å²) in [5.74, 6) is -0.105. The van der Waals surface area contributed by atoms with E-state index in [1.807, 2.05) is 18.2 Å². The summed E-state index contributed by atoms with van der Waals surface area (Å²) < 4.78 is 0. The molecule has 0 atom stereocenters. The SMILES string of the molecule is CC(=O)Nc1ccc(NC2CCCCCC2)cc1Cl. The zero-order chi connectivity index (χ0) is 13.7. The molecule has 1 aliphatic rings. The van der Waals surface area contributed by atoms with E-state index in [1.54, 1.807) is 0 Å². The summed E-state index contributed by atoms with van der Waals surface area (Å²) in [7, 11) is 0. The second-order valence-electron chi connectivity index (χ2n) is 5.21. The van der Waals surface area contributed by atoms with Gasteiger partial charge in [-0.1, -0.05) is 37.3 Å². The number of carbonyl (C=O) groups is 1. The summed E-state index contributed by atoms with van der Waals surface area (Å²) in [5, 5.41) is 6.84. The van der Waals surface area contributed by atoms with Gasteiger partial charge in [0.2, 0.25) is 5.91 Å². The predicted octanol–water partition coefficient (Wildman–Crippen LogP) is 4.43. The Morgan fingerprint density at radius 3 is 2.47 bits per heavy atom. The summed E-state index contributed by atoms with van der Waals surface area (Å²) in [5.41, 5.74) is 1.70. The molecule has 1 saturated carbocycles. The second-order valence-corrected chi connectivity index (χ2v) is 5.62. The van der Waals surface area contributed by atoms with Crippen molar-refractivity contribution in [2.45, 2.75) is 51.5 Å². The highest BCUT2D eigenvalue weighted by Crippen LogP contribution is 2.27. The van der Waals surface area contributed by atoms with Gasteiger partial charge in [-0.15, -0.1) is 0 Å². The maximum absolute atomic E-state index is 11.0. The Bertz CT molecular complexity index is 440. The average Bonchev–Trinajstić information content (AvgIpc) is 2.61. The van der Waals surface area contributed by atoms with E-state index >= 15 is 0 Å². The Hall–Kier alpha value is -1.22. The average molecular weight is 281 g/mol. The highest BCUT2D eigenvalue weighted by Gasteiger charge is 2.12. The first kappa shape index (κ1) is 14.2. The van der Waals surface area contributed by atoms with Crippen molar-refractivity contribution in [3.63, 3.8) is 0 Å². The topological polar surface area (TPSA) is 41.1 Å². The van der Waals surface area contributed by atoms with Crippen LogP contribution in [-0.4, -0.2) is 11.9 Å². The van der Waals surface area contributed by atoms with Gasteiger partial charge in [-0.2, -0.15) is 0 Å². The number of halogens is 1. The number of rotatable bonds is 3. The van der Waals surface area contributed by atoms with Gasteiger partial charge in [-0.25, -0.2) is 0 Å². The Kier molecular flexibility index (Phi) is 5.08. The lowest BCUT2D eigenvalue weighted by molar-refractivity contribution is -0.114. The normalized spacial score (nSPS) is 16.7. The standard InChI is InChI=1S/C15H21ClN2O/c1-11(19)17-15-9-8-13(10-14(15)16)18-12-6-4-2-3-5-7-12/h8-10,12,18H,2-7H2,1H3,(H,17,19). The molecule has 4 heteroatoms. The van der Waals surface area contributed by atoms with Crippen molar-refractivity contribution in [1.82, 2.24) is 0 Å². The fraction of sp³-hybridized carbons (Fsp3) is 0.533. The van der Waals surface area contributed by atoms with E-state index in [9.17, 15) is 4.79 Å². The Labute approximate surface area is 119 Å². The Balaban J connectivity index is 2.00. The summed E-state index contributed by atoms with van der Waals surface area (Å²) in [6, 6.07) is 6.26. The van der Waals surface area contributed by atoms with E-state index in [1.165, 1.54) is 45.4 Å². The van der Waals surface area contributed by atoms with Gasteiger partial charge in [-0.05, 0) is 31.0 Å². The molecule has 0 spiro atoms. The quantitative estimate of drug-likeness (QED) is 0.804. The highest BCUT2D eigenvalue weighted by molar-refractivity contribution is 6.34. The molecular weight excluding hydrogens is 260 g/mol. The molecule has 104 valence electrons. The van der Waals surface area contributed by atoms with Crippen molar-refractivity contribution in [3.8, 4) is 0 Å². The van der Waals surface area contributed by atoms with Crippen LogP contribution in [0.3, 0.4) is 0 Å². The van der Waals surface area contributed by atoms with Gasteiger partial charge in [0, 0.05) is 18.7 Å². The van der Waals surface area contributed by atoms with E-state index < -0.39 is 0 Å². The van der Waals surface area contributed by atoms with Gasteiger partial charge in [-0.3, -0.25) is 4.79 Å². The molecular formula is C15H21ClN2O. The number of carbonyl (C=O) groups excluding carboxylic acids is 1. The first-order chi connectivity index (χ1) is 9.15. The molecule has 0 unspecified atom stereocenters. The minimum Gasteiger partial charge on any atom is -0.382 e. The molecule has 1 amide bonds. The van der Waals surface area contributed by atoms with E-state index in [0.29, 0.717) is 16.8 Å². The van der Waals surface area contributed by atoms with Crippen LogP contribution in [0.25, 0.3) is 0 Å². The van der Waals surface area contributed by atoms with Crippen LogP contribution in [0.2, 0.25) is 5.02 Å². The van der Waals surface area contributed by atoms with Gasteiger partial charge in [0.05, 0.1) is 10.7 Å². The zero-order valence-electron chi connectivity index (χ0n) is 11.3. The maximum Gasteiger partial charge on any atom is 0.221 e. The first-order valence-corrected chi connectivity index (χ1v) is 7.36. The number of benzene rings is 1. The maximum atomic E-state index is 11.0. The van der Waals surface area contributed by atoms with Crippen molar-refractivity contribution in [2.75, 3.05) is 10.6 Å². The summed E-state index contributed by atoms with van der Waals surface area (Å²) >= 11 is 6.17. The predicted molar refractivity (Wildman–Crippen MR) is 80.9 cm³/mol. The van der Waals surface area contributed by atoms with E-state index in [2.05, 4.69) is 10.6 Å². The molecule has 2 rings (SSSR count). The van der Waals surface area contributed by atoms with Crippen molar-refractivity contribution in [2.24, 2.45) is 0 Å². The Morgan fingerprint density at radius 1 is 1.21 bits per heavy atom. The molecule has 0 heterocycles. The van der Waals surface area contributed by atoms with Gasteiger partial charge in [0.1, 0.15) is 0 Å². The lowest BCUT2D eigenvalue weighted by Gasteiger charge is -2.18. The highest BCUT2D eigenvalue weighted by atomic mass is 35.5. The van der Waals surface area contributed by atoms with Crippen molar-refractivity contribution in [1.29, 1.82) is 0 Å². The minimum absolute atomic E-state index is 0.105. The molecule has 0 aliphatic heterocycles. The van der Waals surface area contributed by atoms with Crippen molar-refractivity contribution < 1.29 is 4.79 Å². The number of hydrogen-bond donors (Lipinski definition) is 2. The van der Waals surface area contributed by atoms with Crippen LogP contribution < -0.4 is 10.6 Å². The van der Waals surface area contributed by atoms with Gasteiger partial charge in [0.25, 0.3) is 0 Å². The van der Waals surface area contributed by atoms with Gasteiger partial charge < -0.3 is 10.6 Å². The summed E-state index contributed by atoms with van der Waals surface area (Å²) in [6.45, 7) is 1.48. The monoisotopic (exact) mass is 280 g/mol. The molecule has 2 N–H and O–H groups in total. The molecule has 1 aromatic rings. The van der Waals surface area contributed by atoms with Crippen LogP contribution in [0, 0.1) is 0 Å². The number of nitrogens with one attached hydrogen (secondary N) is 2.